The molecule has 3 rings (SSSR count). The smallest absolute Gasteiger partial charge is 0.409 e. The van der Waals surface area contributed by atoms with Crippen LogP contribution in [0.2, 0.25) is 0 Å². The Balaban J connectivity index is 1.89. The Kier molecular flexibility index (Phi) is 6.31. The van der Waals surface area contributed by atoms with E-state index in [0.29, 0.717) is 25.8 Å². The lowest BCUT2D eigenvalue weighted by atomic mass is 9.91. The number of rotatable bonds is 5. The molecule has 0 radical (unpaired) electrons. The summed E-state index contributed by atoms with van der Waals surface area (Å²) in [6.45, 7) is 0.543. The third-order valence-corrected chi connectivity index (χ3v) is 5.65. The van der Waals surface area contributed by atoms with E-state index in [2.05, 4.69) is 15.8 Å². The Labute approximate surface area is 165 Å². The Morgan fingerprint density at radius 3 is 2.75 bits per heavy atom. The Bertz CT molecular complexity index is 918. The number of carbonyl (C=O) groups excluding carboxylic acids is 1. The van der Waals surface area contributed by atoms with Crippen molar-refractivity contribution in [2.45, 2.75) is 31.3 Å². The van der Waals surface area contributed by atoms with Crippen LogP contribution in [0.5, 0.6) is 0 Å². The topological polar surface area (TPSA) is 88.6 Å². The van der Waals surface area contributed by atoms with E-state index < -0.39 is 16.1 Å². The molecule has 2 atom stereocenters. The SMILES string of the molecule is COC(=O)N1CCCC(NS(C)(=O)=O)C1Cc1cccc(-c2cccnc2)c1. The summed E-state index contributed by atoms with van der Waals surface area (Å²) in [6.07, 6.45) is 6.15. The molecule has 28 heavy (non-hydrogen) atoms. The van der Waals surface area contributed by atoms with Gasteiger partial charge in [-0.3, -0.25) is 4.98 Å². The van der Waals surface area contributed by atoms with Gasteiger partial charge in [-0.2, -0.15) is 0 Å². The van der Waals surface area contributed by atoms with Crippen molar-refractivity contribution in [2.24, 2.45) is 0 Å². The Morgan fingerprint density at radius 2 is 2.07 bits per heavy atom. The zero-order valence-electron chi connectivity index (χ0n) is 16.0. The van der Waals surface area contributed by atoms with Gasteiger partial charge < -0.3 is 9.64 Å². The number of nitrogens with one attached hydrogen (secondary N) is 1. The molecule has 2 heterocycles. The molecule has 8 heteroatoms. The number of pyridine rings is 1. The fraction of sp³-hybridized carbons (Fsp3) is 0.400. The van der Waals surface area contributed by atoms with Crippen molar-refractivity contribution >= 4 is 16.1 Å². The summed E-state index contributed by atoms with van der Waals surface area (Å²) in [5.41, 5.74) is 3.05. The molecule has 0 aliphatic carbocycles. The van der Waals surface area contributed by atoms with Crippen molar-refractivity contribution in [3.05, 3.63) is 54.4 Å². The highest BCUT2D eigenvalue weighted by atomic mass is 32.2. The second kappa shape index (κ2) is 8.70. The van der Waals surface area contributed by atoms with Crippen molar-refractivity contribution in [3.63, 3.8) is 0 Å². The molecule has 1 aliphatic rings. The van der Waals surface area contributed by atoms with Gasteiger partial charge in [0.25, 0.3) is 0 Å². The number of benzene rings is 1. The van der Waals surface area contributed by atoms with Gasteiger partial charge in [0, 0.05) is 25.0 Å². The van der Waals surface area contributed by atoms with Gasteiger partial charge in [0.1, 0.15) is 0 Å². The van der Waals surface area contributed by atoms with E-state index in [0.717, 1.165) is 22.9 Å². The van der Waals surface area contributed by atoms with E-state index >= 15 is 0 Å². The van der Waals surface area contributed by atoms with Crippen LogP contribution in [0.3, 0.4) is 0 Å². The summed E-state index contributed by atoms with van der Waals surface area (Å²) in [5.74, 6) is 0. The van der Waals surface area contributed by atoms with Gasteiger partial charge in [-0.1, -0.05) is 30.3 Å². The quantitative estimate of drug-likeness (QED) is 0.828. The average Bonchev–Trinajstić information content (AvgIpc) is 2.68. The van der Waals surface area contributed by atoms with Gasteiger partial charge in [0.2, 0.25) is 10.0 Å². The molecule has 2 aromatic rings. The standard InChI is InChI=1S/C20H25N3O4S/c1-27-20(24)23-11-5-9-18(22-28(2,25)26)19(23)13-15-6-3-7-16(12-15)17-8-4-10-21-14-17/h3-4,6-8,10,12,14,18-19,22H,5,9,11,13H2,1-2H3. The van der Waals surface area contributed by atoms with Gasteiger partial charge in [-0.25, -0.2) is 17.9 Å². The molecular weight excluding hydrogens is 378 g/mol. The highest BCUT2D eigenvalue weighted by Gasteiger charge is 2.36. The first-order chi connectivity index (χ1) is 13.4. The number of nitrogens with zero attached hydrogens (tertiary/aromatic N) is 2. The summed E-state index contributed by atoms with van der Waals surface area (Å²) in [5, 5.41) is 0. The van der Waals surface area contributed by atoms with E-state index in [1.54, 1.807) is 17.3 Å². The van der Waals surface area contributed by atoms with E-state index in [-0.39, 0.29) is 12.1 Å². The Morgan fingerprint density at radius 1 is 1.29 bits per heavy atom. The number of hydrogen-bond acceptors (Lipinski definition) is 5. The van der Waals surface area contributed by atoms with Crippen LogP contribution in [0, 0.1) is 0 Å². The van der Waals surface area contributed by atoms with E-state index in [9.17, 15) is 13.2 Å². The predicted octanol–water partition coefficient (Wildman–Crippen LogP) is 2.44. The third kappa shape index (κ3) is 5.08. The van der Waals surface area contributed by atoms with E-state index in [1.807, 2.05) is 30.3 Å². The molecule has 1 aromatic carbocycles. The van der Waals surface area contributed by atoms with Crippen LogP contribution in [0.4, 0.5) is 4.79 Å². The van der Waals surface area contributed by atoms with Gasteiger partial charge in [0.05, 0.1) is 19.4 Å². The van der Waals surface area contributed by atoms with Gasteiger partial charge >= 0.3 is 6.09 Å². The lowest BCUT2D eigenvalue weighted by molar-refractivity contribution is 0.0792. The van der Waals surface area contributed by atoms with Crippen LogP contribution < -0.4 is 4.72 Å². The fourth-order valence-electron chi connectivity index (χ4n) is 3.72. The van der Waals surface area contributed by atoms with Crippen molar-refractivity contribution in [1.29, 1.82) is 0 Å². The molecule has 1 N–H and O–H groups in total. The maximum Gasteiger partial charge on any atom is 0.409 e. The van der Waals surface area contributed by atoms with Crippen LogP contribution in [0.1, 0.15) is 18.4 Å². The van der Waals surface area contributed by atoms with Crippen LogP contribution in [0.15, 0.2) is 48.8 Å². The average molecular weight is 404 g/mol. The monoisotopic (exact) mass is 403 g/mol. The first-order valence-electron chi connectivity index (χ1n) is 9.18. The number of aromatic nitrogens is 1. The van der Waals surface area contributed by atoms with Crippen molar-refractivity contribution < 1.29 is 17.9 Å². The molecule has 1 fully saturated rings. The molecule has 150 valence electrons. The van der Waals surface area contributed by atoms with E-state index in [4.69, 9.17) is 4.74 Å². The predicted molar refractivity (Wildman–Crippen MR) is 107 cm³/mol. The Hall–Kier alpha value is -2.45. The molecule has 1 saturated heterocycles. The molecule has 1 amide bonds. The molecule has 1 aromatic heterocycles. The van der Waals surface area contributed by atoms with Crippen LogP contribution in [-0.2, 0) is 21.2 Å². The lowest BCUT2D eigenvalue weighted by Crippen LogP contribution is -2.57. The highest BCUT2D eigenvalue weighted by molar-refractivity contribution is 7.88. The van der Waals surface area contributed by atoms with Crippen molar-refractivity contribution in [3.8, 4) is 11.1 Å². The number of likely N-dealkylation sites (tertiary alicyclic amines) is 1. The van der Waals surface area contributed by atoms with Crippen LogP contribution in [-0.4, -0.2) is 56.4 Å². The molecule has 2 unspecified atom stereocenters. The summed E-state index contributed by atoms with van der Waals surface area (Å²) in [4.78, 5) is 18.1. The molecule has 0 saturated carbocycles. The van der Waals surface area contributed by atoms with Crippen molar-refractivity contribution in [2.75, 3.05) is 19.9 Å². The minimum Gasteiger partial charge on any atom is -0.453 e. The van der Waals surface area contributed by atoms with Gasteiger partial charge in [0.15, 0.2) is 0 Å². The number of ether oxygens (including phenoxy) is 1. The first-order valence-corrected chi connectivity index (χ1v) is 11.1. The van der Waals surface area contributed by atoms with Crippen molar-refractivity contribution in [1.82, 2.24) is 14.6 Å². The highest BCUT2D eigenvalue weighted by Crippen LogP contribution is 2.25. The number of methoxy groups -OCH3 is 1. The number of carbonyl (C=O) groups is 1. The van der Waals surface area contributed by atoms with Crippen LogP contribution >= 0.6 is 0 Å². The molecule has 0 bridgehead atoms. The first kappa shape index (κ1) is 20.3. The minimum absolute atomic E-state index is 0.319. The second-order valence-electron chi connectivity index (χ2n) is 7.02. The van der Waals surface area contributed by atoms with Crippen LogP contribution in [0.25, 0.3) is 11.1 Å². The normalized spacial score (nSPS) is 20.0. The minimum atomic E-state index is -3.39. The molecule has 7 nitrogen and oxygen atoms in total. The summed E-state index contributed by atoms with van der Waals surface area (Å²) < 4.78 is 31.3. The molecule has 1 aliphatic heterocycles. The number of sulfonamides is 1. The van der Waals surface area contributed by atoms with E-state index in [1.165, 1.54) is 7.11 Å². The number of piperidine rings is 1. The summed E-state index contributed by atoms with van der Waals surface area (Å²) >= 11 is 0. The van der Waals surface area contributed by atoms with Gasteiger partial charge in [-0.05, 0) is 42.0 Å². The summed E-state index contributed by atoms with van der Waals surface area (Å²) in [7, 11) is -2.05. The lowest BCUT2D eigenvalue weighted by Gasteiger charge is -2.40. The molecule has 0 spiro atoms. The van der Waals surface area contributed by atoms with Gasteiger partial charge in [-0.15, -0.1) is 0 Å². The number of hydrogen-bond donors (Lipinski definition) is 1. The number of amides is 1. The zero-order chi connectivity index (χ0) is 20.1. The summed E-state index contributed by atoms with van der Waals surface area (Å²) in [6, 6.07) is 11.2. The largest absolute Gasteiger partial charge is 0.453 e. The molecular formula is C20H25N3O4S. The maximum absolute atomic E-state index is 12.3. The zero-order valence-corrected chi connectivity index (χ0v) is 16.9. The third-order valence-electron chi connectivity index (χ3n) is 4.92. The maximum atomic E-state index is 12.3. The second-order valence-corrected chi connectivity index (χ2v) is 8.80. The fourth-order valence-corrected chi connectivity index (χ4v) is 4.54.